The minimum absolute atomic E-state index is 0.226. The lowest BCUT2D eigenvalue weighted by Gasteiger charge is -2.08. The molecule has 0 saturated carbocycles. The Balaban J connectivity index is 1.97. The first-order valence-electron chi connectivity index (χ1n) is 6.66. The lowest BCUT2D eigenvalue weighted by Crippen LogP contribution is -2.13. The molecule has 0 radical (unpaired) electrons. The number of anilines is 1. The molecule has 0 bridgehead atoms. The van der Waals surface area contributed by atoms with Gasteiger partial charge in [-0.1, -0.05) is 6.07 Å². The first-order chi connectivity index (χ1) is 11.3. The predicted octanol–water partition coefficient (Wildman–Crippen LogP) is 2.50. The molecule has 9 heteroatoms. The van der Waals surface area contributed by atoms with Crippen LogP contribution in [0, 0.1) is 10.1 Å². The Morgan fingerprint density at radius 1 is 1.04 bits per heavy atom. The monoisotopic (exact) mass is 346 g/mol. The van der Waals surface area contributed by atoms with Gasteiger partial charge in [-0.05, 0) is 30.3 Å². The third-order valence-corrected chi connectivity index (χ3v) is 4.59. The number of rotatable bonds is 4. The Bertz CT molecular complexity index is 1100. The second-order valence-corrected chi connectivity index (χ2v) is 6.55. The number of nitrogens with zero attached hydrogens (tertiary/aromatic N) is 1. The molecule has 0 aliphatic carbocycles. The van der Waals surface area contributed by atoms with E-state index in [1.807, 2.05) is 0 Å². The van der Waals surface area contributed by atoms with Crippen molar-refractivity contribution in [3.8, 4) is 0 Å². The van der Waals surface area contributed by atoms with Gasteiger partial charge >= 0.3 is 5.63 Å². The zero-order valence-electron chi connectivity index (χ0n) is 12.0. The van der Waals surface area contributed by atoms with E-state index in [9.17, 15) is 23.3 Å². The molecule has 24 heavy (non-hydrogen) atoms. The first kappa shape index (κ1) is 15.7. The smallest absolute Gasteiger partial charge is 0.336 e. The molecule has 0 aliphatic heterocycles. The van der Waals surface area contributed by atoms with Crippen molar-refractivity contribution in [2.24, 2.45) is 0 Å². The van der Waals surface area contributed by atoms with Gasteiger partial charge in [-0.3, -0.25) is 14.8 Å². The van der Waals surface area contributed by atoms with Crippen LogP contribution < -0.4 is 10.3 Å². The third kappa shape index (κ3) is 3.10. The number of fused-ring (bicyclic) bond motifs is 1. The molecule has 8 nitrogen and oxygen atoms in total. The van der Waals surface area contributed by atoms with E-state index in [2.05, 4.69) is 4.72 Å². The van der Waals surface area contributed by atoms with E-state index in [-0.39, 0.29) is 16.3 Å². The second kappa shape index (κ2) is 5.78. The summed E-state index contributed by atoms with van der Waals surface area (Å²) in [6.07, 6.45) is 0. The largest absolute Gasteiger partial charge is 0.423 e. The average Bonchev–Trinajstić information content (AvgIpc) is 2.55. The Morgan fingerprint density at radius 3 is 2.58 bits per heavy atom. The fourth-order valence-corrected chi connectivity index (χ4v) is 3.20. The lowest BCUT2D eigenvalue weighted by molar-refractivity contribution is -0.385. The zero-order chi connectivity index (χ0) is 17.3. The highest BCUT2D eigenvalue weighted by molar-refractivity contribution is 7.92. The summed E-state index contributed by atoms with van der Waals surface area (Å²) in [6.45, 7) is 0. The summed E-state index contributed by atoms with van der Waals surface area (Å²) in [6, 6.07) is 11.8. The maximum absolute atomic E-state index is 12.4. The summed E-state index contributed by atoms with van der Waals surface area (Å²) in [5.74, 6) is 0. The number of nitro benzene ring substituents is 1. The molecule has 3 rings (SSSR count). The minimum atomic E-state index is -3.99. The van der Waals surface area contributed by atoms with Crippen LogP contribution in [-0.2, 0) is 10.0 Å². The molecule has 0 saturated heterocycles. The molecule has 0 fully saturated rings. The Kier molecular flexibility index (Phi) is 3.78. The van der Waals surface area contributed by atoms with E-state index >= 15 is 0 Å². The van der Waals surface area contributed by atoms with Crippen LogP contribution in [0.3, 0.4) is 0 Å². The predicted molar refractivity (Wildman–Crippen MR) is 86.4 cm³/mol. The summed E-state index contributed by atoms with van der Waals surface area (Å²) in [5.41, 5.74) is -0.269. The number of benzene rings is 2. The number of sulfonamides is 1. The van der Waals surface area contributed by atoms with Gasteiger partial charge in [0.1, 0.15) is 5.58 Å². The highest BCUT2D eigenvalue weighted by Crippen LogP contribution is 2.23. The van der Waals surface area contributed by atoms with E-state index in [1.165, 1.54) is 48.5 Å². The van der Waals surface area contributed by atoms with Gasteiger partial charge in [-0.2, -0.15) is 0 Å². The van der Waals surface area contributed by atoms with Crippen molar-refractivity contribution in [3.63, 3.8) is 0 Å². The van der Waals surface area contributed by atoms with Crippen molar-refractivity contribution < 1.29 is 17.8 Å². The van der Waals surface area contributed by atoms with Crippen LogP contribution in [0.4, 0.5) is 11.4 Å². The highest BCUT2D eigenvalue weighted by atomic mass is 32.2. The minimum Gasteiger partial charge on any atom is -0.423 e. The SMILES string of the molecule is O=c1ccc2cc(NS(=O)(=O)c3cccc([N+](=O)[O-])c3)ccc2o1. The molecule has 0 amide bonds. The van der Waals surface area contributed by atoms with E-state index in [4.69, 9.17) is 4.42 Å². The summed E-state index contributed by atoms with van der Waals surface area (Å²) < 4.78 is 32.0. The summed E-state index contributed by atoms with van der Waals surface area (Å²) >= 11 is 0. The van der Waals surface area contributed by atoms with E-state index in [0.29, 0.717) is 11.0 Å². The van der Waals surface area contributed by atoms with Gasteiger partial charge in [-0.15, -0.1) is 0 Å². The van der Waals surface area contributed by atoms with Crippen molar-refractivity contribution in [2.75, 3.05) is 4.72 Å². The van der Waals surface area contributed by atoms with Crippen molar-refractivity contribution >= 4 is 32.4 Å². The molecule has 0 spiro atoms. The second-order valence-electron chi connectivity index (χ2n) is 4.87. The number of hydrogen-bond donors (Lipinski definition) is 1. The van der Waals surface area contributed by atoms with Gasteiger partial charge in [0, 0.05) is 29.3 Å². The van der Waals surface area contributed by atoms with Gasteiger partial charge in [0.15, 0.2) is 0 Å². The average molecular weight is 346 g/mol. The quantitative estimate of drug-likeness (QED) is 0.440. The summed E-state index contributed by atoms with van der Waals surface area (Å²) in [5, 5.41) is 11.3. The van der Waals surface area contributed by atoms with Gasteiger partial charge in [0.05, 0.1) is 9.82 Å². The van der Waals surface area contributed by atoms with Crippen molar-refractivity contribution in [3.05, 3.63) is 75.1 Å². The normalized spacial score (nSPS) is 11.3. The van der Waals surface area contributed by atoms with Crippen LogP contribution in [0.1, 0.15) is 0 Å². The maximum Gasteiger partial charge on any atom is 0.336 e. The Labute approximate surface area is 135 Å². The summed E-state index contributed by atoms with van der Waals surface area (Å²) in [7, 11) is -3.99. The number of hydrogen-bond acceptors (Lipinski definition) is 6. The van der Waals surface area contributed by atoms with Crippen molar-refractivity contribution in [1.29, 1.82) is 0 Å². The van der Waals surface area contributed by atoms with Crippen molar-refractivity contribution in [2.45, 2.75) is 4.90 Å². The third-order valence-electron chi connectivity index (χ3n) is 3.21. The van der Waals surface area contributed by atoms with E-state index in [0.717, 1.165) is 6.07 Å². The fraction of sp³-hybridized carbons (Fsp3) is 0. The molecule has 1 heterocycles. The molecule has 2 aromatic carbocycles. The topological polar surface area (TPSA) is 120 Å². The molecule has 0 aliphatic rings. The molecular formula is C15H10N2O6S. The molecule has 1 aromatic heterocycles. The van der Waals surface area contributed by atoms with Crippen LogP contribution in [0.5, 0.6) is 0 Å². The maximum atomic E-state index is 12.4. The molecule has 3 aromatic rings. The first-order valence-corrected chi connectivity index (χ1v) is 8.15. The highest BCUT2D eigenvalue weighted by Gasteiger charge is 2.18. The standard InChI is InChI=1S/C15H10N2O6S/c18-15-7-4-10-8-11(5-6-14(10)23-15)16-24(21,22)13-3-1-2-12(9-13)17(19)20/h1-9,16H. The lowest BCUT2D eigenvalue weighted by atomic mass is 10.2. The van der Waals surface area contributed by atoms with Crippen LogP contribution in [0.15, 0.2) is 68.7 Å². The van der Waals surface area contributed by atoms with Gasteiger partial charge < -0.3 is 4.42 Å². The number of nitrogens with one attached hydrogen (secondary N) is 1. The molecule has 0 atom stereocenters. The molecule has 122 valence electrons. The number of non-ortho nitro benzene ring substituents is 1. The zero-order valence-corrected chi connectivity index (χ0v) is 12.8. The van der Waals surface area contributed by atoms with Gasteiger partial charge in [0.25, 0.3) is 15.7 Å². The van der Waals surface area contributed by atoms with Crippen LogP contribution in [0.25, 0.3) is 11.0 Å². The number of nitro groups is 1. The van der Waals surface area contributed by atoms with Gasteiger partial charge in [0.2, 0.25) is 0 Å². The molecule has 1 N–H and O–H groups in total. The van der Waals surface area contributed by atoms with Crippen LogP contribution in [0.2, 0.25) is 0 Å². The summed E-state index contributed by atoms with van der Waals surface area (Å²) in [4.78, 5) is 21.0. The molecule has 0 unspecified atom stereocenters. The molecular weight excluding hydrogens is 336 g/mol. The Morgan fingerprint density at radius 2 is 1.83 bits per heavy atom. The van der Waals surface area contributed by atoms with Crippen molar-refractivity contribution in [1.82, 2.24) is 0 Å². The van der Waals surface area contributed by atoms with E-state index < -0.39 is 20.6 Å². The van der Waals surface area contributed by atoms with E-state index in [1.54, 1.807) is 0 Å². The fourth-order valence-electron chi connectivity index (χ4n) is 2.11. The van der Waals surface area contributed by atoms with Crippen LogP contribution in [-0.4, -0.2) is 13.3 Å². The van der Waals surface area contributed by atoms with Gasteiger partial charge in [-0.25, -0.2) is 13.2 Å². The Hall–Kier alpha value is -3.20. The van der Waals surface area contributed by atoms with Crippen LogP contribution >= 0.6 is 0 Å².